The smallest absolute Gasteiger partial charge is 0.119 e. The van der Waals surface area contributed by atoms with Crippen molar-refractivity contribution in [1.82, 2.24) is 9.55 Å². The largest absolute Gasteiger partial charge is 0.494 e. The van der Waals surface area contributed by atoms with Crippen LogP contribution in [0, 0.1) is 0 Å². The van der Waals surface area contributed by atoms with E-state index in [-0.39, 0.29) is 6.04 Å². The van der Waals surface area contributed by atoms with Gasteiger partial charge in [0.05, 0.1) is 18.5 Å². The van der Waals surface area contributed by atoms with Crippen LogP contribution in [0.2, 0.25) is 0 Å². The van der Waals surface area contributed by atoms with E-state index in [9.17, 15) is 0 Å². The van der Waals surface area contributed by atoms with Gasteiger partial charge in [0.15, 0.2) is 0 Å². The van der Waals surface area contributed by atoms with Crippen molar-refractivity contribution in [3.8, 4) is 5.75 Å². The zero-order valence-electron chi connectivity index (χ0n) is 11.5. The first kappa shape index (κ1) is 13.6. The van der Waals surface area contributed by atoms with Crippen molar-refractivity contribution < 1.29 is 4.74 Å². The van der Waals surface area contributed by atoms with Crippen molar-refractivity contribution in [3.05, 3.63) is 48.0 Å². The summed E-state index contributed by atoms with van der Waals surface area (Å²) in [6.45, 7) is 2.67. The summed E-state index contributed by atoms with van der Waals surface area (Å²) in [5.41, 5.74) is 6.94. The quantitative estimate of drug-likeness (QED) is 0.811. The number of aryl methyl sites for hydroxylation is 1. The predicted octanol–water partition coefficient (Wildman–Crippen LogP) is 2.45. The highest BCUT2D eigenvalue weighted by Crippen LogP contribution is 2.13. The molecular formula is C15H21N3O. The molecule has 0 aliphatic heterocycles. The maximum atomic E-state index is 5.87. The van der Waals surface area contributed by atoms with E-state index in [2.05, 4.69) is 9.55 Å². The monoisotopic (exact) mass is 259 g/mol. The molecule has 0 saturated carbocycles. The van der Waals surface area contributed by atoms with E-state index in [1.165, 1.54) is 0 Å². The van der Waals surface area contributed by atoms with Crippen LogP contribution in [0.25, 0.3) is 0 Å². The lowest BCUT2D eigenvalue weighted by Crippen LogP contribution is -2.11. The summed E-state index contributed by atoms with van der Waals surface area (Å²) in [6.07, 6.45) is 3.70. The normalized spacial score (nSPS) is 12.4. The fourth-order valence-corrected chi connectivity index (χ4v) is 2.06. The topological polar surface area (TPSA) is 53.1 Å². The Morgan fingerprint density at radius 3 is 2.68 bits per heavy atom. The zero-order chi connectivity index (χ0) is 13.7. The first-order valence-corrected chi connectivity index (χ1v) is 6.62. The van der Waals surface area contributed by atoms with Crippen molar-refractivity contribution in [2.75, 3.05) is 6.61 Å². The first-order chi connectivity index (χ1) is 9.18. The van der Waals surface area contributed by atoms with Gasteiger partial charge >= 0.3 is 0 Å². The molecule has 0 fully saturated rings. The summed E-state index contributed by atoms with van der Waals surface area (Å²) in [5.74, 6) is 1.97. The summed E-state index contributed by atoms with van der Waals surface area (Å²) < 4.78 is 7.74. The minimum absolute atomic E-state index is 0.0202. The van der Waals surface area contributed by atoms with E-state index in [1.54, 1.807) is 0 Å². The maximum absolute atomic E-state index is 5.87. The molecule has 1 unspecified atom stereocenters. The lowest BCUT2D eigenvalue weighted by molar-refractivity contribution is 0.309. The Bertz CT molecular complexity index is 505. The molecular weight excluding hydrogens is 238 g/mol. The SMILES string of the molecule is CC(N)c1cnc(CCCOc2ccccc2)n1C. The molecule has 2 aromatic rings. The Kier molecular flexibility index (Phi) is 4.58. The van der Waals surface area contributed by atoms with Crippen LogP contribution in [0.5, 0.6) is 5.75 Å². The molecule has 102 valence electrons. The molecule has 4 nitrogen and oxygen atoms in total. The van der Waals surface area contributed by atoms with E-state index in [0.717, 1.165) is 30.1 Å². The van der Waals surface area contributed by atoms with Gasteiger partial charge in [-0.1, -0.05) is 18.2 Å². The second-order valence-corrected chi connectivity index (χ2v) is 4.71. The van der Waals surface area contributed by atoms with Gasteiger partial charge in [0.25, 0.3) is 0 Å². The second kappa shape index (κ2) is 6.38. The molecule has 1 atom stereocenters. The number of hydrogen-bond donors (Lipinski definition) is 1. The Labute approximate surface area is 114 Å². The Hall–Kier alpha value is -1.81. The fourth-order valence-electron chi connectivity index (χ4n) is 2.06. The Balaban J connectivity index is 1.80. The number of rotatable bonds is 6. The third-order valence-electron chi connectivity index (χ3n) is 3.14. The number of imidazole rings is 1. The lowest BCUT2D eigenvalue weighted by atomic mass is 10.2. The van der Waals surface area contributed by atoms with Crippen LogP contribution in [0.1, 0.15) is 30.9 Å². The van der Waals surface area contributed by atoms with Crippen molar-refractivity contribution in [2.45, 2.75) is 25.8 Å². The van der Waals surface area contributed by atoms with Gasteiger partial charge in [0.1, 0.15) is 11.6 Å². The summed E-state index contributed by atoms with van der Waals surface area (Å²) in [6, 6.07) is 9.89. The number of nitrogens with zero attached hydrogens (tertiary/aromatic N) is 2. The van der Waals surface area contributed by atoms with Crippen molar-refractivity contribution in [1.29, 1.82) is 0 Å². The van der Waals surface area contributed by atoms with Crippen molar-refractivity contribution in [2.24, 2.45) is 12.8 Å². The highest BCUT2D eigenvalue weighted by molar-refractivity contribution is 5.20. The molecule has 1 heterocycles. The van der Waals surface area contributed by atoms with Crippen LogP contribution in [0.4, 0.5) is 0 Å². The van der Waals surface area contributed by atoms with E-state index in [1.807, 2.05) is 50.5 Å². The molecule has 19 heavy (non-hydrogen) atoms. The van der Waals surface area contributed by atoms with Gasteiger partial charge in [-0.05, 0) is 25.5 Å². The van der Waals surface area contributed by atoms with Crippen molar-refractivity contribution >= 4 is 0 Å². The fraction of sp³-hybridized carbons (Fsp3) is 0.400. The van der Waals surface area contributed by atoms with E-state index < -0.39 is 0 Å². The van der Waals surface area contributed by atoms with Gasteiger partial charge in [-0.2, -0.15) is 0 Å². The third-order valence-corrected chi connectivity index (χ3v) is 3.14. The Morgan fingerprint density at radius 2 is 2.05 bits per heavy atom. The van der Waals surface area contributed by atoms with Gasteiger partial charge < -0.3 is 15.0 Å². The zero-order valence-corrected chi connectivity index (χ0v) is 11.5. The molecule has 1 aromatic heterocycles. The number of ether oxygens (including phenoxy) is 1. The van der Waals surface area contributed by atoms with Crippen LogP contribution in [-0.4, -0.2) is 16.2 Å². The van der Waals surface area contributed by atoms with Gasteiger partial charge in [-0.25, -0.2) is 4.98 Å². The first-order valence-electron chi connectivity index (χ1n) is 6.62. The number of benzene rings is 1. The minimum atomic E-state index is 0.0202. The Morgan fingerprint density at radius 1 is 1.32 bits per heavy atom. The van der Waals surface area contributed by atoms with Gasteiger partial charge in [0, 0.05) is 19.5 Å². The number of aromatic nitrogens is 2. The average molecular weight is 259 g/mol. The van der Waals surface area contributed by atoms with Crippen LogP contribution >= 0.6 is 0 Å². The number of para-hydroxylation sites is 1. The average Bonchev–Trinajstić information content (AvgIpc) is 2.77. The molecule has 0 aliphatic rings. The summed E-state index contributed by atoms with van der Waals surface area (Å²) in [7, 11) is 2.01. The molecule has 0 spiro atoms. The molecule has 4 heteroatoms. The van der Waals surface area contributed by atoms with Crippen LogP contribution < -0.4 is 10.5 Å². The molecule has 2 rings (SSSR count). The molecule has 0 bridgehead atoms. The van der Waals surface area contributed by atoms with Gasteiger partial charge in [0.2, 0.25) is 0 Å². The van der Waals surface area contributed by atoms with E-state index in [0.29, 0.717) is 6.61 Å². The highest BCUT2D eigenvalue weighted by Gasteiger charge is 2.09. The van der Waals surface area contributed by atoms with Gasteiger partial charge in [-0.15, -0.1) is 0 Å². The molecule has 0 radical (unpaired) electrons. The summed E-state index contributed by atoms with van der Waals surface area (Å²) in [5, 5.41) is 0. The third kappa shape index (κ3) is 3.58. The van der Waals surface area contributed by atoms with E-state index in [4.69, 9.17) is 10.5 Å². The summed E-state index contributed by atoms with van der Waals surface area (Å²) in [4.78, 5) is 4.41. The lowest BCUT2D eigenvalue weighted by Gasteiger charge is -2.09. The van der Waals surface area contributed by atoms with Crippen LogP contribution in [0.15, 0.2) is 36.5 Å². The standard InChI is InChI=1S/C15H21N3O/c1-12(16)14-11-17-15(18(14)2)9-6-10-19-13-7-4-3-5-8-13/h3-5,7-8,11-12H,6,9-10,16H2,1-2H3. The van der Waals surface area contributed by atoms with E-state index >= 15 is 0 Å². The number of nitrogens with two attached hydrogens (primary N) is 1. The maximum Gasteiger partial charge on any atom is 0.119 e. The number of hydrogen-bond acceptors (Lipinski definition) is 3. The highest BCUT2D eigenvalue weighted by atomic mass is 16.5. The minimum Gasteiger partial charge on any atom is -0.494 e. The van der Waals surface area contributed by atoms with Gasteiger partial charge in [-0.3, -0.25) is 0 Å². The molecule has 0 amide bonds. The van der Waals surface area contributed by atoms with Crippen LogP contribution in [-0.2, 0) is 13.5 Å². The summed E-state index contributed by atoms with van der Waals surface area (Å²) >= 11 is 0. The second-order valence-electron chi connectivity index (χ2n) is 4.71. The predicted molar refractivity (Wildman–Crippen MR) is 76.1 cm³/mol. The molecule has 1 aromatic carbocycles. The van der Waals surface area contributed by atoms with Crippen molar-refractivity contribution in [3.63, 3.8) is 0 Å². The van der Waals surface area contributed by atoms with Crippen LogP contribution in [0.3, 0.4) is 0 Å². The molecule has 2 N–H and O–H groups in total. The molecule has 0 saturated heterocycles. The molecule has 0 aliphatic carbocycles.